The largest absolute Gasteiger partial charge is 0.480 e. The normalized spacial score (nSPS) is 13.7. The third kappa shape index (κ3) is 4.07. The average molecular weight is 314 g/mol. The average Bonchev–Trinajstić information content (AvgIpc) is 2.53. The molecule has 2 unspecified atom stereocenters. The van der Waals surface area contributed by atoms with E-state index in [2.05, 4.69) is 5.32 Å². The van der Waals surface area contributed by atoms with Gasteiger partial charge in [0, 0.05) is 0 Å². The van der Waals surface area contributed by atoms with E-state index in [0.717, 1.165) is 16.3 Å². The zero-order valence-electron chi connectivity index (χ0n) is 13.6. The number of nitrogens with zero attached hydrogens (tertiary/aromatic N) is 1. The lowest BCUT2D eigenvalue weighted by molar-refractivity contribution is -0.142. The molecule has 0 aliphatic carbocycles. The second-order valence-corrected chi connectivity index (χ2v) is 5.79. The van der Waals surface area contributed by atoms with Crippen molar-refractivity contribution in [3.05, 3.63) is 48.0 Å². The maximum Gasteiger partial charge on any atom is 0.320 e. The summed E-state index contributed by atoms with van der Waals surface area (Å²) < 4.78 is 0. The van der Waals surface area contributed by atoms with Gasteiger partial charge in [0.1, 0.15) is 6.04 Å². The van der Waals surface area contributed by atoms with Gasteiger partial charge in [-0.2, -0.15) is 0 Å². The Kier molecular flexibility index (Phi) is 5.34. The van der Waals surface area contributed by atoms with Gasteiger partial charge in [-0.05, 0) is 37.2 Å². The molecule has 0 aliphatic rings. The van der Waals surface area contributed by atoms with Crippen molar-refractivity contribution in [2.75, 3.05) is 13.6 Å². The van der Waals surface area contributed by atoms with Crippen LogP contribution in [0.25, 0.3) is 10.8 Å². The molecule has 0 aliphatic heterocycles. The second-order valence-electron chi connectivity index (χ2n) is 5.79. The van der Waals surface area contributed by atoms with Gasteiger partial charge in [0.2, 0.25) is 5.91 Å². The van der Waals surface area contributed by atoms with Crippen LogP contribution in [0.4, 0.5) is 0 Å². The summed E-state index contributed by atoms with van der Waals surface area (Å²) in [5.74, 6) is -1.14. The molecule has 0 spiro atoms. The third-order valence-electron chi connectivity index (χ3n) is 4.08. The second kappa shape index (κ2) is 7.24. The van der Waals surface area contributed by atoms with Crippen LogP contribution in [0.1, 0.15) is 25.5 Å². The monoisotopic (exact) mass is 314 g/mol. The summed E-state index contributed by atoms with van der Waals surface area (Å²) in [6, 6.07) is 13.2. The van der Waals surface area contributed by atoms with Crippen LogP contribution >= 0.6 is 0 Å². The highest BCUT2D eigenvalue weighted by molar-refractivity contribution is 5.87. The lowest BCUT2D eigenvalue weighted by Gasteiger charge is -2.22. The van der Waals surface area contributed by atoms with Crippen LogP contribution in [0.5, 0.6) is 0 Å². The van der Waals surface area contributed by atoms with Crippen LogP contribution in [0.15, 0.2) is 42.5 Å². The number of likely N-dealkylation sites (N-methyl/N-ethyl adjacent to an activating group) is 1. The molecule has 5 heteroatoms. The molecule has 0 bridgehead atoms. The summed E-state index contributed by atoms with van der Waals surface area (Å²) in [7, 11) is 1.63. The highest BCUT2D eigenvalue weighted by Crippen LogP contribution is 2.23. The van der Waals surface area contributed by atoms with Crippen LogP contribution in [-0.2, 0) is 9.59 Å². The number of fused-ring (bicyclic) bond motifs is 1. The SMILES string of the molecule is CC(NC(=O)CN(C)C(C)C(=O)O)c1cccc2ccccc12. The molecular formula is C18H22N2O3. The molecule has 2 N–H and O–H groups in total. The number of benzene rings is 2. The number of hydrogen-bond acceptors (Lipinski definition) is 3. The summed E-state index contributed by atoms with van der Waals surface area (Å²) in [4.78, 5) is 24.6. The molecule has 2 atom stereocenters. The number of nitrogens with one attached hydrogen (secondary N) is 1. The van der Waals surface area contributed by atoms with E-state index in [9.17, 15) is 9.59 Å². The Morgan fingerprint density at radius 3 is 2.48 bits per heavy atom. The lowest BCUT2D eigenvalue weighted by Crippen LogP contribution is -2.43. The predicted octanol–water partition coefficient (Wildman–Crippen LogP) is 2.42. The van der Waals surface area contributed by atoms with Gasteiger partial charge in [-0.1, -0.05) is 42.5 Å². The number of carbonyl (C=O) groups excluding carboxylic acids is 1. The molecule has 0 saturated heterocycles. The molecule has 122 valence electrons. The minimum absolute atomic E-state index is 0.0442. The Balaban J connectivity index is 2.07. The summed E-state index contributed by atoms with van der Waals surface area (Å²) in [5, 5.41) is 14.1. The maximum absolute atomic E-state index is 12.2. The van der Waals surface area contributed by atoms with E-state index in [-0.39, 0.29) is 18.5 Å². The van der Waals surface area contributed by atoms with Crippen LogP contribution in [0.2, 0.25) is 0 Å². The predicted molar refractivity (Wildman–Crippen MR) is 90.2 cm³/mol. The van der Waals surface area contributed by atoms with Gasteiger partial charge in [0.15, 0.2) is 0 Å². The number of carboxylic acids is 1. The highest BCUT2D eigenvalue weighted by Gasteiger charge is 2.20. The zero-order chi connectivity index (χ0) is 17.0. The standard InChI is InChI=1S/C18H22N2O3/c1-12(19-17(21)11-20(3)13(2)18(22)23)15-10-6-8-14-7-4-5-9-16(14)15/h4-10,12-13H,11H2,1-3H3,(H,19,21)(H,22,23). The smallest absolute Gasteiger partial charge is 0.320 e. The fourth-order valence-electron chi connectivity index (χ4n) is 2.54. The Bertz CT molecular complexity index is 709. The minimum atomic E-state index is -0.942. The van der Waals surface area contributed by atoms with Crippen molar-refractivity contribution in [2.45, 2.75) is 25.9 Å². The lowest BCUT2D eigenvalue weighted by atomic mass is 10.00. The molecule has 0 saturated carbocycles. The molecule has 0 radical (unpaired) electrons. The Hall–Kier alpha value is -2.40. The molecule has 5 nitrogen and oxygen atoms in total. The van der Waals surface area contributed by atoms with Crippen LogP contribution in [0, 0.1) is 0 Å². The van der Waals surface area contributed by atoms with E-state index >= 15 is 0 Å². The first-order valence-corrected chi connectivity index (χ1v) is 7.60. The van der Waals surface area contributed by atoms with Crippen molar-refractivity contribution in [2.24, 2.45) is 0 Å². The fraction of sp³-hybridized carbons (Fsp3) is 0.333. The van der Waals surface area contributed by atoms with Gasteiger partial charge in [0.25, 0.3) is 0 Å². The highest BCUT2D eigenvalue weighted by atomic mass is 16.4. The van der Waals surface area contributed by atoms with E-state index in [1.165, 1.54) is 4.90 Å². The summed E-state index contributed by atoms with van der Waals surface area (Å²) in [5.41, 5.74) is 1.05. The number of carbonyl (C=O) groups is 2. The number of rotatable bonds is 6. The molecule has 23 heavy (non-hydrogen) atoms. The third-order valence-corrected chi connectivity index (χ3v) is 4.08. The van der Waals surface area contributed by atoms with E-state index in [4.69, 9.17) is 5.11 Å². The fourth-order valence-corrected chi connectivity index (χ4v) is 2.54. The molecule has 0 fully saturated rings. The van der Waals surface area contributed by atoms with Crippen molar-refractivity contribution >= 4 is 22.6 Å². The quantitative estimate of drug-likeness (QED) is 0.859. The maximum atomic E-state index is 12.2. The van der Waals surface area contributed by atoms with Gasteiger partial charge in [-0.3, -0.25) is 14.5 Å². The molecule has 2 aromatic carbocycles. The number of aliphatic carboxylic acids is 1. The number of carboxylic acid groups (broad SMARTS) is 1. The minimum Gasteiger partial charge on any atom is -0.480 e. The molecule has 1 amide bonds. The summed E-state index contributed by atoms with van der Waals surface area (Å²) >= 11 is 0. The topological polar surface area (TPSA) is 69.6 Å². The Morgan fingerprint density at radius 2 is 1.78 bits per heavy atom. The van der Waals surface area contributed by atoms with E-state index in [1.54, 1.807) is 14.0 Å². The van der Waals surface area contributed by atoms with Crippen LogP contribution < -0.4 is 5.32 Å². The van der Waals surface area contributed by atoms with Gasteiger partial charge in [0.05, 0.1) is 12.6 Å². The van der Waals surface area contributed by atoms with Gasteiger partial charge < -0.3 is 10.4 Å². The van der Waals surface area contributed by atoms with Crippen molar-refractivity contribution in [1.29, 1.82) is 0 Å². The van der Waals surface area contributed by atoms with E-state index in [1.807, 2.05) is 49.4 Å². The van der Waals surface area contributed by atoms with Crippen LogP contribution in [-0.4, -0.2) is 41.5 Å². The van der Waals surface area contributed by atoms with Gasteiger partial charge >= 0.3 is 5.97 Å². The molecule has 2 aromatic rings. The van der Waals surface area contributed by atoms with Crippen molar-refractivity contribution in [3.8, 4) is 0 Å². The Morgan fingerprint density at radius 1 is 1.13 bits per heavy atom. The summed E-state index contributed by atoms with van der Waals surface area (Å²) in [6.07, 6.45) is 0. The summed E-state index contributed by atoms with van der Waals surface area (Å²) in [6.45, 7) is 3.53. The molecular weight excluding hydrogens is 292 g/mol. The van der Waals surface area contributed by atoms with Gasteiger partial charge in [-0.15, -0.1) is 0 Å². The number of hydrogen-bond donors (Lipinski definition) is 2. The van der Waals surface area contributed by atoms with Crippen molar-refractivity contribution in [3.63, 3.8) is 0 Å². The first-order valence-electron chi connectivity index (χ1n) is 7.60. The van der Waals surface area contributed by atoms with Crippen molar-refractivity contribution < 1.29 is 14.7 Å². The van der Waals surface area contributed by atoms with E-state index < -0.39 is 12.0 Å². The molecule has 0 heterocycles. The first-order chi connectivity index (χ1) is 10.9. The number of amides is 1. The van der Waals surface area contributed by atoms with Crippen molar-refractivity contribution in [1.82, 2.24) is 10.2 Å². The van der Waals surface area contributed by atoms with Crippen LogP contribution in [0.3, 0.4) is 0 Å². The molecule has 2 rings (SSSR count). The van der Waals surface area contributed by atoms with E-state index in [0.29, 0.717) is 0 Å². The molecule has 0 aromatic heterocycles. The van der Waals surface area contributed by atoms with Gasteiger partial charge in [-0.25, -0.2) is 0 Å². The Labute approximate surface area is 135 Å². The first kappa shape index (κ1) is 17.0. The zero-order valence-corrected chi connectivity index (χ0v) is 13.6.